The zero-order chi connectivity index (χ0) is 16.3. The van der Waals surface area contributed by atoms with Crippen LogP contribution in [-0.2, 0) is 11.3 Å². The molecule has 0 bridgehead atoms. The molecule has 0 spiro atoms. The SMILES string of the molecule is Cc1nc2ccccc2n1CCNC(=O)C1(C#N)CCCCC1. The fourth-order valence-electron chi connectivity index (χ4n) is 3.47. The largest absolute Gasteiger partial charge is 0.353 e. The van der Waals surface area contributed by atoms with Gasteiger partial charge in [0.2, 0.25) is 5.91 Å². The molecule has 120 valence electrons. The second kappa shape index (κ2) is 6.41. The maximum Gasteiger partial charge on any atom is 0.240 e. The Morgan fingerprint density at radius 3 is 2.83 bits per heavy atom. The summed E-state index contributed by atoms with van der Waals surface area (Å²) in [5.41, 5.74) is 1.23. The fraction of sp³-hybridized carbons (Fsp3) is 0.500. The molecule has 1 saturated carbocycles. The topological polar surface area (TPSA) is 70.7 Å². The van der Waals surface area contributed by atoms with E-state index in [-0.39, 0.29) is 5.91 Å². The summed E-state index contributed by atoms with van der Waals surface area (Å²) in [5, 5.41) is 12.4. The highest BCUT2D eigenvalue weighted by Gasteiger charge is 2.39. The first-order valence-corrected chi connectivity index (χ1v) is 8.28. The zero-order valence-electron chi connectivity index (χ0n) is 13.5. The van der Waals surface area contributed by atoms with Crippen LogP contribution in [0.3, 0.4) is 0 Å². The number of rotatable bonds is 4. The lowest BCUT2D eigenvalue weighted by Gasteiger charge is -2.29. The van der Waals surface area contributed by atoms with Crippen molar-refractivity contribution >= 4 is 16.9 Å². The second-order valence-electron chi connectivity index (χ2n) is 6.31. The monoisotopic (exact) mass is 310 g/mol. The number of hydrogen-bond acceptors (Lipinski definition) is 3. The van der Waals surface area contributed by atoms with Crippen molar-refractivity contribution in [2.75, 3.05) is 6.54 Å². The average molecular weight is 310 g/mol. The Kier molecular flexibility index (Phi) is 4.33. The molecular formula is C18H22N4O. The molecule has 0 radical (unpaired) electrons. The molecular weight excluding hydrogens is 288 g/mol. The van der Waals surface area contributed by atoms with E-state index in [9.17, 15) is 10.1 Å². The molecule has 1 aliphatic carbocycles. The lowest BCUT2D eigenvalue weighted by molar-refractivity contribution is -0.129. The number of hydrogen-bond donors (Lipinski definition) is 1. The van der Waals surface area contributed by atoms with Crippen molar-refractivity contribution in [2.45, 2.75) is 45.6 Å². The Morgan fingerprint density at radius 1 is 1.35 bits per heavy atom. The Labute approximate surface area is 136 Å². The number of nitrogens with one attached hydrogen (secondary N) is 1. The molecule has 0 saturated heterocycles. The van der Waals surface area contributed by atoms with Gasteiger partial charge in [-0.2, -0.15) is 5.26 Å². The van der Waals surface area contributed by atoms with E-state index in [0.29, 0.717) is 25.9 Å². The standard InChI is InChI=1S/C18H22N4O/c1-14-21-15-7-3-4-8-16(15)22(14)12-11-20-17(23)18(13-19)9-5-2-6-10-18/h3-4,7-8H,2,5-6,9-12H2,1H3,(H,20,23). The van der Waals surface area contributed by atoms with Crippen molar-refractivity contribution in [1.82, 2.24) is 14.9 Å². The van der Waals surface area contributed by atoms with E-state index >= 15 is 0 Å². The number of aryl methyl sites for hydroxylation is 1. The molecule has 1 fully saturated rings. The summed E-state index contributed by atoms with van der Waals surface area (Å²) >= 11 is 0. The molecule has 1 aromatic carbocycles. The van der Waals surface area contributed by atoms with Gasteiger partial charge < -0.3 is 9.88 Å². The molecule has 2 aromatic rings. The van der Waals surface area contributed by atoms with E-state index in [1.54, 1.807) is 0 Å². The van der Waals surface area contributed by atoms with Crippen LogP contribution >= 0.6 is 0 Å². The molecule has 5 nitrogen and oxygen atoms in total. The number of nitriles is 1. The molecule has 5 heteroatoms. The van der Waals surface area contributed by atoms with E-state index < -0.39 is 5.41 Å². The van der Waals surface area contributed by atoms with Crippen LogP contribution in [0.4, 0.5) is 0 Å². The van der Waals surface area contributed by atoms with Crippen molar-refractivity contribution in [3.8, 4) is 6.07 Å². The van der Waals surface area contributed by atoms with E-state index in [1.807, 2.05) is 31.2 Å². The number of imidazole rings is 1. The first kappa shape index (κ1) is 15.5. The average Bonchev–Trinajstić information content (AvgIpc) is 2.91. The lowest BCUT2D eigenvalue weighted by Crippen LogP contribution is -2.42. The Bertz CT molecular complexity index is 750. The van der Waals surface area contributed by atoms with Gasteiger partial charge in [-0.25, -0.2) is 4.98 Å². The van der Waals surface area contributed by atoms with E-state index in [1.165, 1.54) is 0 Å². The lowest BCUT2D eigenvalue weighted by atomic mass is 9.74. The minimum Gasteiger partial charge on any atom is -0.353 e. The number of nitrogens with zero attached hydrogens (tertiary/aromatic N) is 3. The van der Waals surface area contributed by atoms with Crippen LogP contribution in [0.5, 0.6) is 0 Å². The number of amides is 1. The molecule has 1 aliphatic rings. The predicted molar refractivity (Wildman–Crippen MR) is 88.6 cm³/mol. The van der Waals surface area contributed by atoms with Crippen molar-refractivity contribution < 1.29 is 4.79 Å². The van der Waals surface area contributed by atoms with Crippen LogP contribution in [-0.4, -0.2) is 22.0 Å². The number of carbonyl (C=O) groups excluding carboxylic acids is 1. The molecule has 1 amide bonds. The van der Waals surface area contributed by atoms with Crippen LogP contribution in [0.1, 0.15) is 37.9 Å². The Morgan fingerprint density at radius 2 is 2.09 bits per heavy atom. The third-order valence-corrected chi connectivity index (χ3v) is 4.82. The maximum atomic E-state index is 12.5. The van der Waals surface area contributed by atoms with Gasteiger partial charge in [-0.15, -0.1) is 0 Å². The van der Waals surface area contributed by atoms with E-state index in [4.69, 9.17) is 0 Å². The minimum absolute atomic E-state index is 0.109. The highest BCUT2D eigenvalue weighted by Crippen LogP contribution is 2.35. The predicted octanol–water partition coefficient (Wildman–Crippen LogP) is 2.94. The van der Waals surface area contributed by atoms with Gasteiger partial charge >= 0.3 is 0 Å². The van der Waals surface area contributed by atoms with Crippen LogP contribution in [0.2, 0.25) is 0 Å². The summed E-state index contributed by atoms with van der Waals surface area (Å²) in [4.78, 5) is 17.0. The number of fused-ring (bicyclic) bond motifs is 1. The summed E-state index contributed by atoms with van der Waals surface area (Å²) in [7, 11) is 0. The summed E-state index contributed by atoms with van der Waals surface area (Å²) in [6.07, 6.45) is 4.42. The van der Waals surface area contributed by atoms with Crippen molar-refractivity contribution in [2.24, 2.45) is 5.41 Å². The van der Waals surface area contributed by atoms with E-state index in [0.717, 1.165) is 36.1 Å². The van der Waals surface area contributed by atoms with Gasteiger partial charge in [0.25, 0.3) is 0 Å². The molecule has 23 heavy (non-hydrogen) atoms. The number of benzene rings is 1. The Hall–Kier alpha value is -2.35. The van der Waals surface area contributed by atoms with Gasteiger partial charge in [-0.1, -0.05) is 31.4 Å². The van der Waals surface area contributed by atoms with Crippen LogP contribution < -0.4 is 5.32 Å². The Balaban J connectivity index is 1.66. The van der Waals surface area contributed by atoms with Crippen LogP contribution in [0.15, 0.2) is 24.3 Å². The molecule has 1 heterocycles. The number of carbonyl (C=O) groups is 1. The van der Waals surface area contributed by atoms with Crippen molar-refractivity contribution in [3.05, 3.63) is 30.1 Å². The third kappa shape index (κ3) is 2.94. The van der Waals surface area contributed by atoms with Gasteiger partial charge in [0.05, 0.1) is 17.1 Å². The first-order chi connectivity index (χ1) is 11.2. The molecule has 1 aromatic heterocycles. The maximum absolute atomic E-state index is 12.5. The van der Waals surface area contributed by atoms with Crippen LogP contribution in [0.25, 0.3) is 11.0 Å². The third-order valence-electron chi connectivity index (χ3n) is 4.82. The quantitative estimate of drug-likeness (QED) is 0.944. The van der Waals surface area contributed by atoms with Gasteiger partial charge in [0.1, 0.15) is 11.2 Å². The zero-order valence-corrected chi connectivity index (χ0v) is 13.5. The summed E-state index contributed by atoms with van der Waals surface area (Å²) in [5.74, 6) is 0.829. The smallest absolute Gasteiger partial charge is 0.240 e. The summed E-state index contributed by atoms with van der Waals surface area (Å²) < 4.78 is 2.11. The molecule has 1 N–H and O–H groups in total. The molecule has 0 unspecified atom stereocenters. The number of para-hydroxylation sites is 2. The second-order valence-corrected chi connectivity index (χ2v) is 6.31. The van der Waals surface area contributed by atoms with Gasteiger partial charge in [-0.05, 0) is 31.9 Å². The highest BCUT2D eigenvalue weighted by molar-refractivity contribution is 5.85. The van der Waals surface area contributed by atoms with Crippen molar-refractivity contribution in [1.29, 1.82) is 5.26 Å². The van der Waals surface area contributed by atoms with Gasteiger partial charge in [0.15, 0.2) is 0 Å². The van der Waals surface area contributed by atoms with Gasteiger partial charge in [-0.3, -0.25) is 4.79 Å². The fourth-order valence-corrected chi connectivity index (χ4v) is 3.47. The van der Waals surface area contributed by atoms with Crippen molar-refractivity contribution in [3.63, 3.8) is 0 Å². The van der Waals surface area contributed by atoms with Crippen LogP contribution in [0, 0.1) is 23.7 Å². The number of aromatic nitrogens is 2. The minimum atomic E-state index is -0.815. The normalized spacial score (nSPS) is 16.9. The molecule has 0 atom stereocenters. The highest BCUT2D eigenvalue weighted by atomic mass is 16.2. The summed E-state index contributed by atoms with van der Waals surface area (Å²) in [6, 6.07) is 10.3. The first-order valence-electron chi connectivity index (χ1n) is 8.28. The van der Waals surface area contributed by atoms with Gasteiger partial charge in [0, 0.05) is 13.1 Å². The van der Waals surface area contributed by atoms with E-state index in [2.05, 4.69) is 20.9 Å². The summed E-state index contributed by atoms with van der Waals surface area (Å²) in [6.45, 7) is 3.16. The molecule has 3 rings (SSSR count). The molecule has 0 aliphatic heterocycles.